The summed E-state index contributed by atoms with van der Waals surface area (Å²) in [6.45, 7) is 7.48. The van der Waals surface area contributed by atoms with Crippen LogP contribution in [0.2, 0.25) is 5.02 Å². The summed E-state index contributed by atoms with van der Waals surface area (Å²) in [7, 11) is 0. The highest BCUT2D eigenvalue weighted by Crippen LogP contribution is 2.36. The van der Waals surface area contributed by atoms with Crippen LogP contribution in [0, 0.1) is 0 Å². The largest absolute Gasteiger partial charge is 0.337 e. The van der Waals surface area contributed by atoms with Crippen LogP contribution in [0.5, 0.6) is 0 Å². The third kappa shape index (κ3) is 2.73. The maximum Gasteiger partial charge on any atom is 0.271 e. The Morgan fingerprint density at radius 3 is 2.74 bits per heavy atom. The molecule has 3 aromatic heterocycles. The van der Waals surface area contributed by atoms with E-state index in [0.717, 1.165) is 19.3 Å². The predicted octanol–water partition coefficient (Wildman–Crippen LogP) is 3.77. The molecule has 0 bridgehead atoms. The van der Waals surface area contributed by atoms with Gasteiger partial charge in [-0.3, -0.25) is 14.2 Å². The van der Waals surface area contributed by atoms with Crippen molar-refractivity contribution in [3.8, 4) is 0 Å². The van der Waals surface area contributed by atoms with Gasteiger partial charge in [-0.2, -0.15) is 0 Å². The first-order chi connectivity index (χ1) is 13.0. The molecule has 1 aliphatic rings. The summed E-state index contributed by atoms with van der Waals surface area (Å²) in [6.07, 6.45) is 9.17. The van der Waals surface area contributed by atoms with Crippen molar-refractivity contribution in [2.75, 3.05) is 0 Å². The molecule has 1 N–H and O–H groups in total. The maximum absolute atomic E-state index is 13.3. The van der Waals surface area contributed by atoms with Crippen molar-refractivity contribution in [1.82, 2.24) is 19.5 Å². The third-order valence-corrected chi connectivity index (χ3v) is 5.09. The molecule has 0 saturated heterocycles. The normalized spacial score (nSPS) is 15.1. The van der Waals surface area contributed by atoms with Crippen LogP contribution in [0.4, 0.5) is 0 Å². The van der Waals surface area contributed by atoms with Crippen molar-refractivity contribution in [2.24, 2.45) is 0 Å². The van der Waals surface area contributed by atoms with E-state index in [1.54, 1.807) is 24.3 Å². The lowest BCUT2D eigenvalue weighted by molar-refractivity contribution is 0.395. The van der Waals surface area contributed by atoms with Gasteiger partial charge in [0.2, 0.25) is 5.43 Å². The van der Waals surface area contributed by atoms with E-state index in [-0.39, 0.29) is 22.5 Å². The lowest BCUT2D eigenvalue weighted by Crippen LogP contribution is -2.31. The lowest BCUT2D eigenvalue weighted by atomic mass is 9.84. The molecule has 0 radical (unpaired) electrons. The Hall–Kier alpha value is -2.99. The Bertz CT molecular complexity index is 1250. The molecule has 1 aliphatic carbocycles. The molecule has 0 spiro atoms. The average molecular weight is 381 g/mol. The van der Waals surface area contributed by atoms with Gasteiger partial charge < -0.3 is 4.98 Å². The summed E-state index contributed by atoms with van der Waals surface area (Å²) >= 11 is 5.99. The standard InChI is InChI=1S/C20H17ClN4O2/c1-3-6-13(4-2)25-19(11-7-5-8-11)24-18-15(20(25)27)17(26)16-14(23-18)9-12(21)10-22-16/h3-4,6,9-11H,1-2,5,7-8H2,(H,23,26)/b13-6+. The number of H-pyrrole nitrogens is 1. The van der Waals surface area contributed by atoms with Gasteiger partial charge in [0.25, 0.3) is 5.56 Å². The minimum atomic E-state index is -0.469. The molecule has 27 heavy (non-hydrogen) atoms. The van der Waals surface area contributed by atoms with E-state index in [1.165, 1.54) is 10.8 Å². The summed E-state index contributed by atoms with van der Waals surface area (Å²) in [5.74, 6) is 0.781. The molecule has 0 aliphatic heterocycles. The summed E-state index contributed by atoms with van der Waals surface area (Å²) < 4.78 is 1.47. The van der Waals surface area contributed by atoms with Crippen molar-refractivity contribution in [1.29, 1.82) is 0 Å². The molecule has 6 nitrogen and oxygen atoms in total. The quantitative estimate of drug-likeness (QED) is 0.552. The highest BCUT2D eigenvalue weighted by Gasteiger charge is 2.27. The Kier molecular flexibility index (Phi) is 4.28. The Balaban J connectivity index is 2.17. The maximum atomic E-state index is 13.3. The molecule has 0 aromatic carbocycles. The molecule has 0 unspecified atom stereocenters. The van der Waals surface area contributed by atoms with Crippen LogP contribution in [0.3, 0.4) is 0 Å². The van der Waals surface area contributed by atoms with Crippen LogP contribution in [-0.4, -0.2) is 19.5 Å². The zero-order chi connectivity index (χ0) is 19.1. The monoisotopic (exact) mass is 380 g/mol. The van der Waals surface area contributed by atoms with E-state index < -0.39 is 11.0 Å². The van der Waals surface area contributed by atoms with Crippen molar-refractivity contribution >= 4 is 39.4 Å². The molecular formula is C20H17ClN4O2. The molecule has 1 fully saturated rings. The molecule has 3 heterocycles. The molecule has 1 saturated carbocycles. The van der Waals surface area contributed by atoms with Gasteiger partial charge >= 0.3 is 0 Å². The zero-order valence-corrected chi connectivity index (χ0v) is 15.3. The first-order valence-electron chi connectivity index (χ1n) is 8.65. The van der Waals surface area contributed by atoms with Crippen LogP contribution in [-0.2, 0) is 0 Å². The van der Waals surface area contributed by atoms with E-state index in [2.05, 4.69) is 28.1 Å². The van der Waals surface area contributed by atoms with Crippen LogP contribution in [0.15, 0.2) is 53.2 Å². The van der Waals surface area contributed by atoms with Crippen LogP contribution >= 0.6 is 11.6 Å². The first-order valence-corrected chi connectivity index (χ1v) is 9.02. The van der Waals surface area contributed by atoms with E-state index >= 15 is 0 Å². The van der Waals surface area contributed by atoms with E-state index in [9.17, 15) is 9.59 Å². The number of nitrogens with zero attached hydrogens (tertiary/aromatic N) is 3. The fourth-order valence-corrected chi connectivity index (χ4v) is 3.50. The van der Waals surface area contributed by atoms with Crippen LogP contribution in [0.1, 0.15) is 31.0 Å². The van der Waals surface area contributed by atoms with E-state index in [1.807, 2.05) is 0 Å². The Morgan fingerprint density at radius 2 is 2.11 bits per heavy atom. The van der Waals surface area contributed by atoms with Gasteiger partial charge in [-0.05, 0) is 31.1 Å². The number of aromatic nitrogens is 4. The molecular weight excluding hydrogens is 364 g/mol. The van der Waals surface area contributed by atoms with Gasteiger partial charge in [-0.15, -0.1) is 0 Å². The minimum absolute atomic E-state index is 0.0304. The molecule has 3 aromatic rings. The van der Waals surface area contributed by atoms with Crippen LogP contribution in [0.25, 0.3) is 27.8 Å². The molecule has 0 atom stereocenters. The topological polar surface area (TPSA) is 80.6 Å². The lowest BCUT2D eigenvalue weighted by Gasteiger charge is -2.27. The SMILES string of the molecule is C=C/C=C(\C=C)n1c(C2CCC2)nc2[nH]c3cc(Cl)cnc3c(=O)c2c1=O. The van der Waals surface area contributed by atoms with Gasteiger partial charge in [0.15, 0.2) is 0 Å². The van der Waals surface area contributed by atoms with E-state index in [0.29, 0.717) is 22.1 Å². The fraction of sp³-hybridized carbons (Fsp3) is 0.200. The second kappa shape index (κ2) is 6.63. The predicted molar refractivity (Wildman–Crippen MR) is 108 cm³/mol. The Labute approximate surface area is 159 Å². The zero-order valence-electron chi connectivity index (χ0n) is 14.5. The Morgan fingerprint density at radius 1 is 1.33 bits per heavy atom. The van der Waals surface area contributed by atoms with E-state index in [4.69, 9.17) is 11.6 Å². The number of fused-ring (bicyclic) bond motifs is 2. The highest BCUT2D eigenvalue weighted by atomic mass is 35.5. The summed E-state index contributed by atoms with van der Waals surface area (Å²) in [5, 5.41) is 0.366. The number of rotatable bonds is 4. The second-order valence-corrected chi connectivity index (χ2v) is 6.93. The van der Waals surface area contributed by atoms with Crippen molar-refractivity contribution in [2.45, 2.75) is 25.2 Å². The number of allylic oxidation sites excluding steroid dienone is 4. The van der Waals surface area contributed by atoms with Crippen molar-refractivity contribution in [3.05, 3.63) is 75.1 Å². The molecule has 4 rings (SSSR count). The van der Waals surface area contributed by atoms with Crippen molar-refractivity contribution in [3.63, 3.8) is 0 Å². The average Bonchev–Trinajstić information content (AvgIpc) is 2.58. The number of hydrogen-bond acceptors (Lipinski definition) is 4. The molecule has 0 amide bonds. The molecule has 136 valence electrons. The number of hydrogen-bond donors (Lipinski definition) is 1. The second-order valence-electron chi connectivity index (χ2n) is 6.50. The summed E-state index contributed by atoms with van der Waals surface area (Å²) in [6, 6.07) is 1.60. The number of nitrogens with one attached hydrogen (secondary N) is 1. The minimum Gasteiger partial charge on any atom is -0.337 e. The highest BCUT2D eigenvalue weighted by molar-refractivity contribution is 6.31. The van der Waals surface area contributed by atoms with Crippen LogP contribution < -0.4 is 11.0 Å². The third-order valence-electron chi connectivity index (χ3n) is 4.89. The van der Waals surface area contributed by atoms with Gasteiger partial charge in [-0.25, -0.2) is 9.97 Å². The van der Waals surface area contributed by atoms with Gasteiger partial charge in [0, 0.05) is 17.8 Å². The van der Waals surface area contributed by atoms with Gasteiger partial charge in [0.05, 0.1) is 10.5 Å². The molecule has 7 heteroatoms. The number of halogens is 1. The van der Waals surface area contributed by atoms with Gasteiger partial charge in [-0.1, -0.05) is 37.3 Å². The smallest absolute Gasteiger partial charge is 0.271 e. The first kappa shape index (κ1) is 17.4. The van der Waals surface area contributed by atoms with Crippen molar-refractivity contribution < 1.29 is 0 Å². The number of pyridine rings is 2. The van der Waals surface area contributed by atoms with Gasteiger partial charge in [0.1, 0.15) is 22.4 Å². The summed E-state index contributed by atoms with van der Waals surface area (Å²) in [5.41, 5.74) is 0.492. The number of aromatic amines is 1. The summed E-state index contributed by atoms with van der Waals surface area (Å²) in [4.78, 5) is 38.1. The fourth-order valence-electron chi connectivity index (χ4n) is 3.34.